The molecule has 0 unspecified atom stereocenters. The van der Waals surface area contributed by atoms with E-state index >= 15 is 0 Å². The van der Waals surface area contributed by atoms with Crippen LogP contribution in [0.4, 0.5) is 0 Å². The number of aromatic nitrogens is 2. The van der Waals surface area contributed by atoms with E-state index < -0.39 is 0 Å². The van der Waals surface area contributed by atoms with E-state index in [0.717, 1.165) is 21.1 Å². The summed E-state index contributed by atoms with van der Waals surface area (Å²) in [6.45, 7) is 1.60. The van der Waals surface area contributed by atoms with Crippen molar-refractivity contribution in [2.75, 3.05) is 0 Å². The molecule has 0 saturated carbocycles. The maximum Gasteiger partial charge on any atom is 0.136 e. The minimum atomic E-state index is 0.165. The smallest absolute Gasteiger partial charge is 0.136 e. The van der Waals surface area contributed by atoms with E-state index in [1.54, 1.807) is 6.92 Å². The Morgan fingerprint density at radius 2 is 2.27 bits per heavy atom. The molecule has 0 fully saturated rings. The molecule has 0 aliphatic rings. The van der Waals surface area contributed by atoms with Gasteiger partial charge in [0, 0.05) is 18.9 Å². The SMILES string of the molecule is CC(=O)Cc1cccc2c1c(Br)nn2C. The van der Waals surface area contributed by atoms with Crippen molar-refractivity contribution in [1.82, 2.24) is 9.78 Å². The van der Waals surface area contributed by atoms with Gasteiger partial charge in [0.15, 0.2) is 0 Å². The first kappa shape index (κ1) is 10.4. The molecule has 0 atom stereocenters. The van der Waals surface area contributed by atoms with Gasteiger partial charge in [-0.05, 0) is 34.5 Å². The number of carbonyl (C=O) groups is 1. The summed E-state index contributed by atoms with van der Waals surface area (Å²) in [5.41, 5.74) is 2.07. The molecular weight excluding hydrogens is 256 g/mol. The van der Waals surface area contributed by atoms with Gasteiger partial charge in [-0.2, -0.15) is 5.10 Å². The van der Waals surface area contributed by atoms with Gasteiger partial charge in [-0.3, -0.25) is 9.48 Å². The molecule has 2 aromatic rings. The third kappa shape index (κ3) is 1.81. The van der Waals surface area contributed by atoms with E-state index in [2.05, 4.69) is 21.0 Å². The summed E-state index contributed by atoms with van der Waals surface area (Å²) in [5, 5.41) is 5.32. The Morgan fingerprint density at radius 1 is 1.53 bits per heavy atom. The predicted octanol–water partition coefficient (Wildman–Crippen LogP) is 2.47. The van der Waals surface area contributed by atoms with Crippen LogP contribution in [0.25, 0.3) is 10.9 Å². The second-order valence-electron chi connectivity index (χ2n) is 3.60. The molecule has 78 valence electrons. The van der Waals surface area contributed by atoms with Crippen molar-refractivity contribution in [2.24, 2.45) is 7.05 Å². The molecule has 1 aromatic carbocycles. The van der Waals surface area contributed by atoms with Crippen LogP contribution in [-0.4, -0.2) is 15.6 Å². The van der Waals surface area contributed by atoms with E-state index in [1.807, 2.05) is 29.9 Å². The summed E-state index contributed by atoms with van der Waals surface area (Å²) in [4.78, 5) is 11.1. The van der Waals surface area contributed by atoms with Crippen molar-refractivity contribution in [3.8, 4) is 0 Å². The highest BCUT2D eigenvalue weighted by Crippen LogP contribution is 2.26. The molecule has 0 aliphatic heterocycles. The average Bonchev–Trinajstić information content (AvgIpc) is 2.43. The molecule has 2 rings (SSSR count). The molecule has 15 heavy (non-hydrogen) atoms. The lowest BCUT2D eigenvalue weighted by Crippen LogP contribution is -1.97. The molecule has 0 aliphatic carbocycles. The molecule has 3 nitrogen and oxygen atoms in total. The van der Waals surface area contributed by atoms with Crippen molar-refractivity contribution in [3.05, 3.63) is 28.4 Å². The first-order chi connectivity index (χ1) is 7.09. The van der Waals surface area contributed by atoms with Crippen molar-refractivity contribution in [1.29, 1.82) is 0 Å². The molecule has 0 spiro atoms. The lowest BCUT2D eigenvalue weighted by Gasteiger charge is -2.00. The fourth-order valence-corrected chi connectivity index (χ4v) is 2.44. The van der Waals surface area contributed by atoms with Gasteiger partial charge < -0.3 is 0 Å². The summed E-state index contributed by atoms with van der Waals surface area (Å²) in [6, 6.07) is 5.92. The number of ketones is 1. The van der Waals surface area contributed by atoms with Crippen LogP contribution in [-0.2, 0) is 18.3 Å². The second kappa shape index (κ2) is 3.77. The van der Waals surface area contributed by atoms with Crippen molar-refractivity contribution >= 4 is 32.6 Å². The van der Waals surface area contributed by atoms with Crippen LogP contribution >= 0.6 is 15.9 Å². The van der Waals surface area contributed by atoms with Crippen LogP contribution in [0.5, 0.6) is 0 Å². The normalized spacial score (nSPS) is 10.9. The predicted molar refractivity (Wildman–Crippen MR) is 62.8 cm³/mol. The highest BCUT2D eigenvalue weighted by Gasteiger charge is 2.11. The monoisotopic (exact) mass is 266 g/mol. The van der Waals surface area contributed by atoms with Gasteiger partial charge in [0.2, 0.25) is 0 Å². The molecule has 4 heteroatoms. The number of Topliss-reactive ketones (excluding diaryl/α,β-unsaturated/α-hetero) is 1. The van der Waals surface area contributed by atoms with Gasteiger partial charge in [-0.25, -0.2) is 0 Å². The number of halogens is 1. The number of hydrogen-bond donors (Lipinski definition) is 0. The standard InChI is InChI=1S/C11H11BrN2O/c1-7(15)6-8-4-3-5-9-10(8)11(12)13-14(9)2/h3-5H,6H2,1-2H3. The molecule has 0 saturated heterocycles. The summed E-state index contributed by atoms with van der Waals surface area (Å²) in [7, 11) is 1.89. The lowest BCUT2D eigenvalue weighted by molar-refractivity contribution is -0.116. The highest BCUT2D eigenvalue weighted by molar-refractivity contribution is 9.10. The topological polar surface area (TPSA) is 34.9 Å². The van der Waals surface area contributed by atoms with E-state index in [0.29, 0.717) is 6.42 Å². The number of aryl methyl sites for hydroxylation is 1. The number of fused-ring (bicyclic) bond motifs is 1. The quantitative estimate of drug-likeness (QED) is 0.837. The Labute approximate surface area is 96.2 Å². The Hall–Kier alpha value is -1.16. The molecule has 1 aromatic heterocycles. The number of carbonyl (C=O) groups excluding carboxylic acids is 1. The summed E-state index contributed by atoms with van der Waals surface area (Å²) in [5.74, 6) is 0.165. The van der Waals surface area contributed by atoms with Crippen LogP contribution in [0.3, 0.4) is 0 Å². The van der Waals surface area contributed by atoms with Gasteiger partial charge in [-0.1, -0.05) is 12.1 Å². The number of rotatable bonds is 2. The van der Waals surface area contributed by atoms with Crippen LogP contribution in [0.2, 0.25) is 0 Å². The lowest BCUT2D eigenvalue weighted by atomic mass is 10.1. The van der Waals surface area contributed by atoms with E-state index in [1.165, 1.54) is 0 Å². The Balaban J connectivity index is 2.69. The van der Waals surface area contributed by atoms with Gasteiger partial charge in [0.25, 0.3) is 0 Å². The van der Waals surface area contributed by atoms with E-state index in [-0.39, 0.29) is 5.78 Å². The number of nitrogens with zero attached hydrogens (tertiary/aromatic N) is 2. The second-order valence-corrected chi connectivity index (χ2v) is 4.36. The first-order valence-corrected chi connectivity index (χ1v) is 5.48. The van der Waals surface area contributed by atoms with Gasteiger partial charge >= 0.3 is 0 Å². The van der Waals surface area contributed by atoms with E-state index in [9.17, 15) is 4.79 Å². The molecule has 0 bridgehead atoms. The molecule has 0 N–H and O–H groups in total. The molecule has 1 heterocycles. The third-order valence-electron chi connectivity index (χ3n) is 2.36. The highest BCUT2D eigenvalue weighted by atomic mass is 79.9. The van der Waals surface area contributed by atoms with Crippen LogP contribution in [0, 0.1) is 0 Å². The maximum atomic E-state index is 11.1. The van der Waals surface area contributed by atoms with Crippen LogP contribution in [0.15, 0.2) is 22.8 Å². The zero-order valence-corrected chi connectivity index (χ0v) is 10.2. The number of hydrogen-bond acceptors (Lipinski definition) is 2. The summed E-state index contributed by atoms with van der Waals surface area (Å²) in [6.07, 6.45) is 0.460. The van der Waals surface area contributed by atoms with Crippen LogP contribution in [0.1, 0.15) is 12.5 Å². The number of benzene rings is 1. The third-order valence-corrected chi connectivity index (χ3v) is 2.92. The average molecular weight is 267 g/mol. The van der Waals surface area contributed by atoms with E-state index in [4.69, 9.17) is 0 Å². The maximum absolute atomic E-state index is 11.1. The first-order valence-electron chi connectivity index (χ1n) is 4.69. The molecule has 0 amide bonds. The Morgan fingerprint density at radius 3 is 2.93 bits per heavy atom. The Bertz CT molecular complexity index is 531. The van der Waals surface area contributed by atoms with Crippen molar-refractivity contribution in [2.45, 2.75) is 13.3 Å². The molecule has 0 radical (unpaired) electrons. The minimum absolute atomic E-state index is 0.165. The molecular formula is C11H11BrN2O. The minimum Gasteiger partial charge on any atom is -0.300 e. The van der Waals surface area contributed by atoms with Gasteiger partial charge in [0.1, 0.15) is 10.4 Å². The largest absolute Gasteiger partial charge is 0.300 e. The summed E-state index contributed by atoms with van der Waals surface area (Å²) < 4.78 is 2.61. The zero-order chi connectivity index (χ0) is 11.0. The van der Waals surface area contributed by atoms with Crippen LogP contribution < -0.4 is 0 Å². The Kier molecular flexibility index (Phi) is 2.61. The van der Waals surface area contributed by atoms with Crippen molar-refractivity contribution < 1.29 is 4.79 Å². The van der Waals surface area contributed by atoms with Gasteiger partial charge in [0.05, 0.1) is 5.52 Å². The summed E-state index contributed by atoms with van der Waals surface area (Å²) >= 11 is 3.42. The zero-order valence-electron chi connectivity index (χ0n) is 8.62. The van der Waals surface area contributed by atoms with Gasteiger partial charge in [-0.15, -0.1) is 0 Å². The fraction of sp³-hybridized carbons (Fsp3) is 0.273. The fourth-order valence-electron chi connectivity index (χ4n) is 1.75. The van der Waals surface area contributed by atoms with Crippen molar-refractivity contribution in [3.63, 3.8) is 0 Å².